The number of hydrogen-bond donors (Lipinski definition) is 0. The van der Waals surface area contributed by atoms with Crippen molar-refractivity contribution >= 4 is 12.2 Å². The molecule has 2 aromatic carbocycles. The lowest BCUT2D eigenvalue weighted by atomic mass is 9.84. The quantitative estimate of drug-likeness (QED) is 0.527. The van der Waals surface area contributed by atoms with Crippen LogP contribution >= 0.6 is 0 Å². The average Bonchev–Trinajstić information content (AvgIpc) is 3.22. The van der Waals surface area contributed by atoms with Crippen LogP contribution in [0.4, 0.5) is 0 Å². The van der Waals surface area contributed by atoms with E-state index in [1.165, 1.54) is 52.0 Å². The molecule has 0 saturated carbocycles. The molecule has 0 aliphatic heterocycles. The number of hydrogen-bond acceptors (Lipinski definition) is 0. The number of fused-ring (bicyclic) bond motifs is 2. The molecular weight excluding hydrogens is 336 g/mol. The van der Waals surface area contributed by atoms with Gasteiger partial charge in [0.05, 0.1) is 0 Å². The van der Waals surface area contributed by atoms with Gasteiger partial charge in [-0.3, -0.25) is 0 Å². The number of rotatable bonds is 0. The Hall–Kier alpha value is -1.82. The SMILES string of the molecule is Cc1cc(C(C)(C)C)cc2c1=CCC=2.Cc1cc(C(C)(C)C)cc2c1CCC2. The number of aryl methyl sites for hydroxylation is 3. The van der Waals surface area contributed by atoms with E-state index < -0.39 is 0 Å². The third kappa shape index (κ3) is 4.43. The Bertz CT molecular complexity index is 988. The van der Waals surface area contributed by atoms with Gasteiger partial charge in [-0.05, 0) is 94.2 Å². The molecule has 0 aromatic heterocycles. The normalized spacial score (nSPS) is 15.1. The Morgan fingerprint density at radius 2 is 1.29 bits per heavy atom. The van der Waals surface area contributed by atoms with Crippen LogP contribution in [-0.4, -0.2) is 0 Å². The number of benzene rings is 2. The van der Waals surface area contributed by atoms with Crippen LogP contribution in [0.15, 0.2) is 24.3 Å². The first-order chi connectivity index (χ1) is 13.0. The van der Waals surface area contributed by atoms with Crippen molar-refractivity contribution in [3.63, 3.8) is 0 Å². The predicted molar refractivity (Wildman–Crippen MR) is 125 cm³/mol. The molecule has 0 heterocycles. The van der Waals surface area contributed by atoms with Crippen molar-refractivity contribution in [3.8, 4) is 0 Å². The van der Waals surface area contributed by atoms with Crippen molar-refractivity contribution in [1.29, 1.82) is 0 Å². The molecular formula is C28H38. The molecule has 2 aromatic rings. The Balaban J connectivity index is 0.000000161. The van der Waals surface area contributed by atoms with Crippen LogP contribution in [0.1, 0.15) is 87.8 Å². The summed E-state index contributed by atoms with van der Waals surface area (Å²) in [5.74, 6) is 0. The molecule has 0 unspecified atom stereocenters. The van der Waals surface area contributed by atoms with Crippen molar-refractivity contribution in [3.05, 3.63) is 68.1 Å². The van der Waals surface area contributed by atoms with E-state index in [1.54, 1.807) is 11.1 Å². The van der Waals surface area contributed by atoms with Gasteiger partial charge in [-0.15, -0.1) is 0 Å². The molecule has 0 radical (unpaired) electrons. The molecule has 2 aliphatic rings. The maximum atomic E-state index is 2.43. The molecule has 4 rings (SSSR count). The minimum Gasteiger partial charge on any atom is -0.0728 e. The standard InChI is InChI=1S/C14H20.C14H18/c2*1-10-8-12(14(2,3)4)9-11-6-5-7-13(10)11/h8-9H,5-7H2,1-4H3;6-9H,5H2,1-4H3. The van der Waals surface area contributed by atoms with E-state index in [0.29, 0.717) is 5.41 Å². The van der Waals surface area contributed by atoms with Crippen molar-refractivity contribution in [2.75, 3.05) is 0 Å². The summed E-state index contributed by atoms with van der Waals surface area (Å²) >= 11 is 0. The second-order valence-corrected chi connectivity index (χ2v) is 10.7. The molecule has 0 heteroatoms. The third-order valence-electron chi connectivity index (χ3n) is 6.25. The fourth-order valence-corrected chi connectivity index (χ4v) is 4.37. The van der Waals surface area contributed by atoms with Gasteiger partial charge >= 0.3 is 0 Å². The first kappa shape index (κ1) is 20.9. The lowest BCUT2D eigenvalue weighted by Gasteiger charge is -2.21. The topological polar surface area (TPSA) is 0 Å². The summed E-state index contributed by atoms with van der Waals surface area (Å²) in [6.45, 7) is 18.2. The largest absolute Gasteiger partial charge is 0.0728 e. The summed E-state index contributed by atoms with van der Waals surface area (Å²) in [6.07, 6.45) is 9.67. The average molecular weight is 375 g/mol. The third-order valence-corrected chi connectivity index (χ3v) is 6.25. The Kier molecular flexibility index (Phi) is 5.63. The molecule has 28 heavy (non-hydrogen) atoms. The fraction of sp³-hybridized carbons (Fsp3) is 0.500. The Labute approximate surface area is 172 Å². The highest BCUT2D eigenvalue weighted by Gasteiger charge is 2.19. The van der Waals surface area contributed by atoms with E-state index in [0.717, 1.165) is 6.42 Å². The predicted octanol–water partition coefficient (Wildman–Crippen LogP) is 6.04. The smallest absolute Gasteiger partial charge is 0.0132 e. The summed E-state index contributed by atoms with van der Waals surface area (Å²) in [5, 5.41) is 2.87. The van der Waals surface area contributed by atoms with Gasteiger partial charge in [0.25, 0.3) is 0 Å². The van der Waals surface area contributed by atoms with Crippen LogP contribution in [0.2, 0.25) is 0 Å². The summed E-state index contributed by atoms with van der Waals surface area (Å²) < 4.78 is 0. The van der Waals surface area contributed by atoms with E-state index >= 15 is 0 Å². The van der Waals surface area contributed by atoms with Gasteiger partial charge in [0, 0.05) is 0 Å². The van der Waals surface area contributed by atoms with E-state index in [1.807, 2.05) is 0 Å². The van der Waals surface area contributed by atoms with Crippen molar-refractivity contribution in [2.24, 2.45) is 0 Å². The molecule has 0 bridgehead atoms. The van der Waals surface area contributed by atoms with Crippen molar-refractivity contribution in [1.82, 2.24) is 0 Å². The monoisotopic (exact) mass is 374 g/mol. The molecule has 0 N–H and O–H groups in total. The maximum Gasteiger partial charge on any atom is -0.0132 e. The molecule has 0 saturated heterocycles. The fourth-order valence-electron chi connectivity index (χ4n) is 4.37. The minimum atomic E-state index is 0.260. The second kappa shape index (κ2) is 7.54. The second-order valence-electron chi connectivity index (χ2n) is 10.7. The Morgan fingerprint density at radius 3 is 1.93 bits per heavy atom. The summed E-state index contributed by atoms with van der Waals surface area (Å²) in [7, 11) is 0. The minimum absolute atomic E-state index is 0.260. The van der Waals surface area contributed by atoms with Gasteiger partial charge < -0.3 is 0 Å². The zero-order chi connectivity index (χ0) is 20.7. The van der Waals surface area contributed by atoms with Crippen LogP contribution in [0.25, 0.3) is 12.2 Å². The highest BCUT2D eigenvalue weighted by molar-refractivity contribution is 5.50. The highest BCUT2D eigenvalue weighted by atomic mass is 14.2. The molecule has 0 amide bonds. The zero-order valence-corrected chi connectivity index (χ0v) is 19.3. The van der Waals surface area contributed by atoms with Gasteiger partial charge in [-0.25, -0.2) is 0 Å². The first-order valence-corrected chi connectivity index (χ1v) is 10.9. The molecule has 150 valence electrons. The van der Waals surface area contributed by atoms with E-state index in [2.05, 4.69) is 91.8 Å². The lowest BCUT2D eigenvalue weighted by molar-refractivity contribution is 0.588. The van der Waals surface area contributed by atoms with Crippen LogP contribution in [-0.2, 0) is 23.7 Å². The van der Waals surface area contributed by atoms with Gasteiger partial charge in [0.15, 0.2) is 0 Å². The highest BCUT2D eigenvalue weighted by Crippen LogP contribution is 2.31. The Morgan fingerprint density at radius 1 is 0.679 bits per heavy atom. The van der Waals surface area contributed by atoms with Crippen LogP contribution in [0, 0.1) is 13.8 Å². The van der Waals surface area contributed by atoms with E-state index in [4.69, 9.17) is 0 Å². The maximum absolute atomic E-state index is 2.43. The first-order valence-electron chi connectivity index (χ1n) is 10.9. The van der Waals surface area contributed by atoms with E-state index in [-0.39, 0.29) is 5.41 Å². The summed E-state index contributed by atoms with van der Waals surface area (Å²) in [6, 6.07) is 9.47. The zero-order valence-electron chi connectivity index (χ0n) is 19.3. The molecule has 0 spiro atoms. The van der Waals surface area contributed by atoms with Crippen LogP contribution in [0.5, 0.6) is 0 Å². The van der Waals surface area contributed by atoms with Gasteiger partial charge in [0.1, 0.15) is 0 Å². The van der Waals surface area contributed by atoms with Gasteiger partial charge in [-0.2, -0.15) is 0 Å². The summed E-state index contributed by atoms with van der Waals surface area (Å²) in [5.41, 5.74) is 9.65. The summed E-state index contributed by atoms with van der Waals surface area (Å²) in [4.78, 5) is 0. The molecule has 2 aliphatic carbocycles. The lowest BCUT2D eigenvalue weighted by Crippen LogP contribution is -2.27. The van der Waals surface area contributed by atoms with Crippen LogP contribution < -0.4 is 10.4 Å². The molecule has 0 atom stereocenters. The van der Waals surface area contributed by atoms with E-state index in [9.17, 15) is 0 Å². The van der Waals surface area contributed by atoms with Gasteiger partial charge in [-0.1, -0.05) is 78.0 Å². The van der Waals surface area contributed by atoms with Crippen LogP contribution in [0.3, 0.4) is 0 Å². The van der Waals surface area contributed by atoms with Gasteiger partial charge in [0.2, 0.25) is 0 Å². The molecule has 0 nitrogen and oxygen atoms in total. The van der Waals surface area contributed by atoms with Crippen molar-refractivity contribution in [2.45, 2.75) is 91.9 Å². The van der Waals surface area contributed by atoms with Crippen molar-refractivity contribution < 1.29 is 0 Å². The molecule has 0 fully saturated rings.